The molecule has 0 saturated heterocycles. The van der Waals surface area contributed by atoms with Gasteiger partial charge in [0.25, 0.3) is 0 Å². The van der Waals surface area contributed by atoms with Crippen molar-refractivity contribution in [3.8, 4) is 0 Å². The Morgan fingerprint density at radius 2 is 1.02 bits per heavy atom. The third-order valence-corrected chi connectivity index (χ3v) is 4.96. The summed E-state index contributed by atoms with van der Waals surface area (Å²) in [7, 11) is 0. The first-order valence-electron chi connectivity index (χ1n) is 12.3. The number of carboxylic acids is 3. The number of carbonyl (C=O) groups excluding carboxylic acids is 2. The highest BCUT2D eigenvalue weighted by atomic mass is 16.6. The molecule has 0 bridgehead atoms. The highest BCUT2D eigenvalue weighted by Crippen LogP contribution is 2.18. The molecule has 0 amide bonds. The highest BCUT2D eigenvalue weighted by Gasteiger charge is 2.28. The average Bonchev–Trinajstić information content (AvgIpc) is 3.27. The molecule has 0 unspecified atom stereocenters. The van der Waals surface area contributed by atoms with Crippen molar-refractivity contribution in [2.75, 3.05) is 39.6 Å². The van der Waals surface area contributed by atoms with Gasteiger partial charge >= 0.3 is 29.8 Å². The zero-order valence-electron chi connectivity index (χ0n) is 23.6. The summed E-state index contributed by atoms with van der Waals surface area (Å²) in [5.41, 5.74) is -0.699. The van der Waals surface area contributed by atoms with Gasteiger partial charge in [-0.1, -0.05) is 32.6 Å². The first-order valence-corrected chi connectivity index (χ1v) is 12.3. The first kappa shape index (κ1) is 42.7. The van der Waals surface area contributed by atoms with E-state index in [1.807, 2.05) is 0 Å². The van der Waals surface area contributed by atoms with Crippen LogP contribution < -0.4 is 0 Å². The number of benzene rings is 1. The Labute approximate surface area is 242 Å². The number of ether oxygens (including phenoxy) is 1. The molecule has 240 valence electrons. The van der Waals surface area contributed by atoms with Crippen LogP contribution in [0.4, 0.5) is 0 Å². The van der Waals surface area contributed by atoms with E-state index in [0.29, 0.717) is 24.0 Å². The van der Waals surface area contributed by atoms with Crippen LogP contribution in [0.5, 0.6) is 0 Å². The van der Waals surface area contributed by atoms with E-state index in [9.17, 15) is 24.0 Å². The molecule has 1 aliphatic heterocycles. The van der Waals surface area contributed by atoms with Crippen LogP contribution in [0.15, 0.2) is 36.9 Å². The van der Waals surface area contributed by atoms with Gasteiger partial charge in [0.05, 0.1) is 56.2 Å². The molecule has 9 N–H and O–H groups in total. The van der Waals surface area contributed by atoms with Crippen LogP contribution in [-0.4, -0.2) is 115 Å². The SMILES string of the molecule is C=CC(=O)O.CC(C)(CO)CO.O=C(O)CCCCC(=O)O.O=C1OC(=O)c2ccccc21.OCC(CO)(CO)CO. The smallest absolute Gasteiger partial charge is 0.346 e. The molecule has 0 saturated carbocycles. The minimum absolute atomic E-state index is 0.0451. The van der Waals surface area contributed by atoms with Gasteiger partial charge in [0.15, 0.2) is 0 Å². The van der Waals surface area contributed by atoms with Crippen molar-refractivity contribution in [1.82, 2.24) is 0 Å². The summed E-state index contributed by atoms with van der Waals surface area (Å²) >= 11 is 0. The van der Waals surface area contributed by atoms with E-state index < -0.39 is 61.7 Å². The molecule has 0 aromatic heterocycles. The minimum Gasteiger partial charge on any atom is -0.481 e. The van der Waals surface area contributed by atoms with Crippen molar-refractivity contribution in [3.05, 3.63) is 48.0 Å². The number of aliphatic hydroxyl groups is 6. The fourth-order valence-corrected chi connectivity index (χ4v) is 1.94. The number of hydrogen-bond donors (Lipinski definition) is 9. The Morgan fingerprint density at radius 3 is 1.19 bits per heavy atom. The van der Waals surface area contributed by atoms with Gasteiger partial charge in [0, 0.05) is 24.3 Å². The normalized spacial score (nSPS) is 11.3. The van der Waals surface area contributed by atoms with E-state index >= 15 is 0 Å². The summed E-state index contributed by atoms with van der Waals surface area (Å²) < 4.78 is 4.35. The van der Waals surface area contributed by atoms with Crippen molar-refractivity contribution < 1.29 is 74.7 Å². The molecule has 0 radical (unpaired) electrons. The lowest BCUT2D eigenvalue weighted by atomic mass is 9.93. The summed E-state index contributed by atoms with van der Waals surface area (Å²) in [6, 6.07) is 6.53. The Kier molecular flexibility index (Phi) is 24.3. The second-order valence-corrected chi connectivity index (χ2v) is 9.37. The predicted octanol–water partition coefficient (Wildman–Crippen LogP) is -0.0906. The number of aliphatic hydroxyl groups excluding tert-OH is 6. The molecule has 1 heterocycles. The molecule has 0 fully saturated rings. The lowest BCUT2D eigenvalue weighted by molar-refractivity contribution is -0.139. The number of unbranched alkanes of at least 4 members (excludes halogenated alkanes) is 1. The molecule has 42 heavy (non-hydrogen) atoms. The maximum atomic E-state index is 10.8. The van der Waals surface area contributed by atoms with E-state index in [1.54, 1.807) is 38.1 Å². The fourth-order valence-electron chi connectivity index (χ4n) is 1.94. The summed E-state index contributed by atoms with van der Waals surface area (Å²) in [5.74, 6) is -3.82. The van der Waals surface area contributed by atoms with Crippen LogP contribution in [0.25, 0.3) is 0 Å². The van der Waals surface area contributed by atoms with Crippen LogP contribution in [0, 0.1) is 10.8 Å². The van der Waals surface area contributed by atoms with Crippen LogP contribution in [0.2, 0.25) is 0 Å². The average molecular weight is 607 g/mol. The second-order valence-electron chi connectivity index (χ2n) is 9.37. The maximum Gasteiger partial charge on any atom is 0.346 e. The maximum absolute atomic E-state index is 10.8. The van der Waals surface area contributed by atoms with E-state index in [-0.39, 0.29) is 31.5 Å². The molecule has 0 spiro atoms. The molecule has 15 nitrogen and oxygen atoms in total. The number of rotatable bonds is 12. The quantitative estimate of drug-likeness (QED) is 0.0650. The van der Waals surface area contributed by atoms with E-state index in [2.05, 4.69) is 11.3 Å². The summed E-state index contributed by atoms with van der Waals surface area (Å²) in [6.07, 6.45) is 1.85. The monoisotopic (exact) mass is 606 g/mol. The molecule has 15 heteroatoms. The van der Waals surface area contributed by atoms with Crippen LogP contribution in [-0.2, 0) is 19.1 Å². The molecule has 2 rings (SSSR count). The summed E-state index contributed by atoms with van der Waals surface area (Å²) in [5, 5.41) is 74.7. The van der Waals surface area contributed by atoms with Gasteiger partial charge in [0.1, 0.15) is 0 Å². The predicted molar refractivity (Wildman–Crippen MR) is 146 cm³/mol. The topological polar surface area (TPSA) is 277 Å². The lowest BCUT2D eigenvalue weighted by Crippen LogP contribution is -2.37. The number of fused-ring (bicyclic) bond motifs is 1. The summed E-state index contributed by atoms with van der Waals surface area (Å²) in [6.45, 7) is 5.02. The third kappa shape index (κ3) is 21.1. The van der Waals surface area contributed by atoms with Gasteiger partial charge in [-0.15, -0.1) is 0 Å². The molecular weight excluding hydrogens is 564 g/mol. The van der Waals surface area contributed by atoms with Crippen LogP contribution in [0.1, 0.15) is 60.2 Å². The Bertz CT molecular complexity index is 896. The van der Waals surface area contributed by atoms with Crippen molar-refractivity contribution >= 4 is 29.8 Å². The Balaban J connectivity index is -0.000000464. The van der Waals surface area contributed by atoms with Crippen molar-refractivity contribution in [3.63, 3.8) is 0 Å². The standard InChI is InChI=1S/C8H4O3.C6H10O4.C5H12O4.C5H12O2.C3H4O2/c9-7-5-3-1-2-4-6(5)8(10)11-7;7-5(8)3-1-2-4-6(9)10;6-1-5(2-7,3-8)4-9;1-5(2,3-6)4-7;1-2-3(4)5/h1-4H;1-4H2,(H,7,8)(H,9,10);6-9H,1-4H2;6-7H,3-4H2,1-2H3;2H,1H2,(H,4,5). The Hall–Kier alpha value is -3.73. The highest BCUT2D eigenvalue weighted by molar-refractivity contribution is 6.14. The zero-order valence-corrected chi connectivity index (χ0v) is 23.6. The number of hydrogen-bond acceptors (Lipinski definition) is 12. The number of carboxylic acid groups (broad SMARTS) is 3. The fraction of sp³-hybridized carbons (Fsp3) is 0.519. The third-order valence-electron chi connectivity index (χ3n) is 4.96. The van der Waals surface area contributed by atoms with Gasteiger partial charge in [-0.25, -0.2) is 14.4 Å². The second kappa shape index (κ2) is 23.9. The molecular formula is C27H42O15. The molecule has 0 atom stereocenters. The Morgan fingerprint density at radius 1 is 0.714 bits per heavy atom. The van der Waals surface area contributed by atoms with Gasteiger partial charge < -0.3 is 50.7 Å². The number of aliphatic carboxylic acids is 3. The van der Waals surface area contributed by atoms with Crippen molar-refractivity contribution in [2.45, 2.75) is 39.5 Å². The van der Waals surface area contributed by atoms with E-state index in [4.69, 9.17) is 46.0 Å². The lowest BCUT2D eigenvalue weighted by Gasteiger charge is -2.23. The van der Waals surface area contributed by atoms with Gasteiger partial charge in [-0.05, 0) is 25.0 Å². The minimum atomic E-state index is -1.11. The van der Waals surface area contributed by atoms with Gasteiger partial charge in [0.2, 0.25) is 0 Å². The molecule has 1 aromatic rings. The van der Waals surface area contributed by atoms with Crippen molar-refractivity contribution in [1.29, 1.82) is 0 Å². The van der Waals surface area contributed by atoms with Gasteiger partial charge in [-0.2, -0.15) is 0 Å². The van der Waals surface area contributed by atoms with Crippen LogP contribution in [0.3, 0.4) is 0 Å². The van der Waals surface area contributed by atoms with Gasteiger partial charge in [-0.3, -0.25) is 9.59 Å². The molecule has 1 aliphatic rings. The summed E-state index contributed by atoms with van der Waals surface area (Å²) in [4.78, 5) is 50.7. The number of esters is 2. The van der Waals surface area contributed by atoms with E-state index in [1.165, 1.54) is 0 Å². The number of carbonyl (C=O) groups is 5. The van der Waals surface area contributed by atoms with Crippen LogP contribution >= 0.6 is 0 Å². The zero-order chi connectivity index (χ0) is 33.4. The van der Waals surface area contributed by atoms with Crippen molar-refractivity contribution in [2.24, 2.45) is 10.8 Å². The first-order chi connectivity index (χ1) is 19.5. The number of cyclic esters (lactones) is 2. The largest absolute Gasteiger partial charge is 0.481 e. The molecule has 0 aliphatic carbocycles. The van der Waals surface area contributed by atoms with E-state index in [0.717, 1.165) is 6.08 Å². The molecule has 1 aromatic carbocycles.